The van der Waals surface area contributed by atoms with Crippen molar-refractivity contribution >= 4 is 23.2 Å². The monoisotopic (exact) mass is 241 g/mol. The summed E-state index contributed by atoms with van der Waals surface area (Å²) in [4.78, 5) is 0. The van der Waals surface area contributed by atoms with Crippen molar-refractivity contribution in [2.24, 2.45) is 11.7 Å². The van der Waals surface area contributed by atoms with Crippen LogP contribution in [0.2, 0.25) is 10.0 Å². The number of benzene rings is 1. The summed E-state index contributed by atoms with van der Waals surface area (Å²) in [7, 11) is 0. The summed E-state index contributed by atoms with van der Waals surface area (Å²) in [6.07, 6.45) is 3.55. The van der Waals surface area contributed by atoms with E-state index in [1.54, 1.807) is 0 Å². The second-order valence-electron chi connectivity index (χ2n) is 4.89. The highest BCUT2D eigenvalue weighted by Crippen LogP contribution is 2.64. The van der Waals surface area contributed by atoms with Gasteiger partial charge in [-0.1, -0.05) is 29.3 Å². The summed E-state index contributed by atoms with van der Waals surface area (Å²) >= 11 is 12.0. The summed E-state index contributed by atoms with van der Waals surface area (Å²) < 4.78 is 0. The summed E-state index contributed by atoms with van der Waals surface area (Å²) in [6, 6.07) is 6.39. The predicted octanol–water partition coefficient (Wildman–Crippen LogP) is 3.37. The van der Waals surface area contributed by atoms with E-state index in [0.29, 0.717) is 21.5 Å². The molecule has 0 amide bonds. The molecule has 0 bridgehead atoms. The Morgan fingerprint density at radius 3 is 2.60 bits per heavy atom. The lowest BCUT2D eigenvalue weighted by molar-refractivity contribution is 0.583. The minimum absolute atomic E-state index is 0.341. The largest absolute Gasteiger partial charge is 0.328 e. The van der Waals surface area contributed by atoms with Gasteiger partial charge in [-0.05, 0) is 42.9 Å². The van der Waals surface area contributed by atoms with E-state index in [2.05, 4.69) is 6.07 Å². The molecule has 3 atom stereocenters. The standard InChI is InChI=1S/C12H13Cl2N/c13-10-2-1-7(4-11(10)14)12-5-8(12)3-9(15)6-12/h1-2,4,8-9H,3,5-6,15H2/t8-,9?,12?/m1/s1. The van der Waals surface area contributed by atoms with Crippen LogP contribution >= 0.6 is 23.2 Å². The molecule has 80 valence electrons. The molecule has 2 saturated carbocycles. The lowest BCUT2D eigenvalue weighted by Gasteiger charge is -2.15. The van der Waals surface area contributed by atoms with Gasteiger partial charge in [0.05, 0.1) is 10.0 Å². The Kier molecular flexibility index (Phi) is 2.08. The van der Waals surface area contributed by atoms with E-state index in [1.807, 2.05) is 12.1 Å². The topological polar surface area (TPSA) is 26.0 Å². The van der Waals surface area contributed by atoms with Gasteiger partial charge >= 0.3 is 0 Å². The lowest BCUT2D eigenvalue weighted by atomic mass is 9.92. The van der Waals surface area contributed by atoms with Crippen LogP contribution in [0.5, 0.6) is 0 Å². The fraction of sp³-hybridized carbons (Fsp3) is 0.500. The fourth-order valence-corrected chi connectivity index (χ4v) is 3.43. The first-order valence-corrected chi connectivity index (χ1v) is 6.08. The van der Waals surface area contributed by atoms with Crippen LogP contribution in [0.3, 0.4) is 0 Å². The second-order valence-corrected chi connectivity index (χ2v) is 5.70. The number of hydrogen-bond acceptors (Lipinski definition) is 1. The van der Waals surface area contributed by atoms with Crippen LogP contribution in [0, 0.1) is 5.92 Å². The Labute approximate surface area is 99.6 Å². The van der Waals surface area contributed by atoms with Gasteiger partial charge in [0, 0.05) is 11.5 Å². The van der Waals surface area contributed by atoms with Crippen molar-refractivity contribution in [1.29, 1.82) is 0 Å². The molecule has 1 aromatic carbocycles. The Balaban J connectivity index is 1.97. The van der Waals surface area contributed by atoms with Gasteiger partial charge in [0.25, 0.3) is 0 Å². The first-order chi connectivity index (χ1) is 7.12. The molecule has 0 aliphatic heterocycles. The molecule has 2 N–H and O–H groups in total. The van der Waals surface area contributed by atoms with Gasteiger partial charge in [-0.3, -0.25) is 0 Å². The minimum Gasteiger partial charge on any atom is -0.328 e. The van der Waals surface area contributed by atoms with Crippen LogP contribution < -0.4 is 5.73 Å². The third-order valence-electron chi connectivity index (χ3n) is 3.94. The molecule has 2 aliphatic carbocycles. The summed E-state index contributed by atoms with van der Waals surface area (Å²) in [5, 5.41) is 1.30. The smallest absolute Gasteiger partial charge is 0.0595 e. The second kappa shape index (κ2) is 3.13. The number of hydrogen-bond donors (Lipinski definition) is 1. The fourth-order valence-electron chi connectivity index (χ4n) is 3.13. The zero-order chi connectivity index (χ0) is 10.6. The third kappa shape index (κ3) is 1.41. The number of nitrogens with two attached hydrogens (primary N) is 1. The SMILES string of the molecule is NC1C[C@@H]2CC2(c2ccc(Cl)c(Cl)c2)C1. The van der Waals surface area contributed by atoms with Gasteiger partial charge in [0.15, 0.2) is 0 Å². The maximum Gasteiger partial charge on any atom is 0.0595 e. The molecule has 3 heteroatoms. The first kappa shape index (κ1) is 9.95. The van der Waals surface area contributed by atoms with Crippen molar-refractivity contribution in [3.05, 3.63) is 33.8 Å². The van der Waals surface area contributed by atoms with Crippen LogP contribution in [0.15, 0.2) is 18.2 Å². The van der Waals surface area contributed by atoms with E-state index in [4.69, 9.17) is 28.9 Å². The predicted molar refractivity (Wildman–Crippen MR) is 63.5 cm³/mol. The Morgan fingerprint density at radius 2 is 2.00 bits per heavy atom. The Bertz CT molecular complexity index is 418. The maximum atomic E-state index is 6.05. The lowest BCUT2D eigenvalue weighted by Crippen LogP contribution is -2.20. The quantitative estimate of drug-likeness (QED) is 0.802. The van der Waals surface area contributed by atoms with Gasteiger partial charge in [-0.2, -0.15) is 0 Å². The van der Waals surface area contributed by atoms with E-state index in [1.165, 1.54) is 18.4 Å². The summed E-state index contributed by atoms with van der Waals surface area (Å²) in [5.41, 5.74) is 7.66. The van der Waals surface area contributed by atoms with E-state index in [0.717, 1.165) is 12.3 Å². The minimum atomic E-state index is 0.341. The summed E-state index contributed by atoms with van der Waals surface area (Å²) in [6.45, 7) is 0. The van der Waals surface area contributed by atoms with Gasteiger partial charge in [0.2, 0.25) is 0 Å². The average molecular weight is 242 g/mol. The van der Waals surface area contributed by atoms with Crippen LogP contribution in [0.1, 0.15) is 24.8 Å². The molecule has 15 heavy (non-hydrogen) atoms. The average Bonchev–Trinajstić information content (AvgIpc) is 2.75. The van der Waals surface area contributed by atoms with Crippen molar-refractivity contribution in [1.82, 2.24) is 0 Å². The highest BCUT2D eigenvalue weighted by Gasteiger charge is 2.60. The molecule has 0 aromatic heterocycles. The zero-order valence-corrected chi connectivity index (χ0v) is 9.85. The molecule has 0 heterocycles. The van der Waals surface area contributed by atoms with E-state index in [-0.39, 0.29) is 0 Å². The van der Waals surface area contributed by atoms with Crippen molar-refractivity contribution in [3.63, 3.8) is 0 Å². The van der Waals surface area contributed by atoms with Crippen molar-refractivity contribution in [3.8, 4) is 0 Å². The molecule has 0 spiro atoms. The van der Waals surface area contributed by atoms with Crippen LogP contribution in [0.25, 0.3) is 0 Å². The van der Waals surface area contributed by atoms with Crippen LogP contribution in [-0.2, 0) is 5.41 Å². The van der Waals surface area contributed by atoms with Crippen molar-refractivity contribution in [2.75, 3.05) is 0 Å². The molecule has 2 fully saturated rings. The van der Waals surface area contributed by atoms with E-state index in [9.17, 15) is 0 Å². The third-order valence-corrected chi connectivity index (χ3v) is 4.68. The van der Waals surface area contributed by atoms with Gasteiger partial charge < -0.3 is 5.73 Å². The number of rotatable bonds is 1. The van der Waals surface area contributed by atoms with Crippen molar-refractivity contribution < 1.29 is 0 Å². The normalized spacial score (nSPS) is 37.8. The molecule has 2 unspecified atom stereocenters. The van der Waals surface area contributed by atoms with Crippen LogP contribution in [0.4, 0.5) is 0 Å². The molecule has 2 aliphatic rings. The van der Waals surface area contributed by atoms with E-state index >= 15 is 0 Å². The van der Waals surface area contributed by atoms with Gasteiger partial charge in [-0.25, -0.2) is 0 Å². The molecule has 1 nitrogen and oxygen atoms in total. The number of fused-ring (bicyclic) bond motifs is 1. The molecule has 0 saturated heterocycles. The summed E-state index contributed by atoms with van der Waals surface area (Å²) in [5.74, 6) is 0.782. The molecular formula is C12H13Cl2N. The highest BCUT2D eigenvalue weighted by molar-refractivity contribution is 6.42. The van der Waals surface area contributed by atoms with Crippen LogP contribution in [-0.4, -0.2) is 6.04 Å². The molecular weight excluding hydrogens is 229 g/mol. The molecule has 1 aromatic rings. The van der Waals surface area contributed by atoms with Gasteiger partial charge in [-0.15, -0.1) is 0 Å². The van der Waals surface area contributed by atoms with Gasteiger partial charge in [0.1, 0.15) is 0 Å². The van der Waals surface area contributed by atoms with Crippen molar-refractivity contribution in [2.45, 2.75) is 30.7 Å². The molecule has 3 rings (SSSR count). The maximum absolute atomic E-state index is 6.05. The number of halogens is 2. The first-order valence-electron chi connectivity index (χ1n) is 5.33. The zero-order valence-electron chi connectivity index (χ0n) is 8.34. The molecule has 0 radical (unpaired) electrons. The Morgan fingerprint density at radius 1 is 1.20 bits per heavy atom. The Hall–Kier alpha value is -0.240. The highest BCUT2D eigenvalue weighted by atomic mass is 35.5. The van der Waals surface area contributed by atoms with E-state index < -0.39 is 0 Å².